The lowest BCUT2D eigenvalue weighted by Gasteiger charge is -2.38. The van der Waals surface area contributed by atoms with E-state index >= 15 is 0 Å². The van der Waals surface area contributed by atoms with Crippen molar-refractivity contribution in [1.29, 1.82) is 0 Å². The van der Waals surface area contributed by atoms with Crippen LogP contribution in [0.15, 0.2) is 80.2 Å². The number of aliphatic carboxylic acids is 1. The van der Waals surface area contributed by atoms with Crippen molar-refractivity contribution in [2.75, 3.05) is 44.2 Å². The molecule has 2 fully saturated rings. The number of carbonyl (C=O) groups is 3. The Bertz CT molecular complexity index is 2100. The molecule has 2 N–H and O–H groups in total. The van der Waals surface area contributed by atoms with Crippen LogP contribution in [-0.2, 0) is 20.7 Å². The number of anilines is 1. The highest BCUT2D eigenvalue weighted by Crippen LogP contribution is 2.38. The molecule has 53 heavy (non-hydrogen) atoms. The summed E-state index contributed by atoms with van der Waals surface area (Å²) in [5.41, 5.74) is 3.24. The Morgan fingerprint density at radius 2 is 1.92 bits per heavy atom. The predicted molar refractivity (Wildman–Crippen MR) is 205 cm³/mol. The number of aliphatic imine (C=N–C) groups is 1. The Balaban J connectivity index is 1.10. The number of urea groups is 1. The van der Waals surface area contributed by atoms with Gasteiger partial charge in [-0.1, -0.05) is 46.3 Å². The molecule has 0 aliphatic carbocycles. The standard InChI is InChI=1S/C37H37BrFN7O5S2/c1-4-51-33(47)29-27(41-31(32-40-11-14-52-32)43-30(29)25-10-9-23(39)15-26(25)38)19-44-12-13-45-24(17-44)18-46(36(45)50)35-42-28(20-53-35)22-7-5-21(6-8-22)16-37(2,3)34(48)49/h5-11,14-15,20,24,30H,4,12-13,16-19H2,1-3H3,(H,41,43)(H,48,49)/t24-,30-/m0/s1. The summed E-state index contributed by atoms with van der Waals surface area (Å²) in [5.74, 6) is -1.27. The van der Waals surface area contributed by atoms with Crippen LogP contribution in [-0.4, -0.2) is 94.1 Å². The van der Waals surface area contributed by atoms with E-state index < -0.39 is 29.2 Å². The second kappa shape index (κ2) is 15.1. The maximum absolute atomic E-state index is 14.2. The monoisotopic (exact) mass is 821 g/mol. The molecule has 2 saturated heterocycles. The molecule has 2 amide bonds. The van der Waals surface area contributed by atoms with Crippen LogP contribution in [0.3, 0.4) is 0 Å². The number of piperazine rings is 1. The number of esters is 1. The average molecular weight is 823 g/mol. The highest BCUT2D eigenvalue weighted by atomic mass is 79.9. The minimum atomic E-state index is -0.872. The van der Waals surface area contributed by atoms with E-state index in [1.807, 2.05) is 39.9 Å². The van der Waals surface area contributed by atoms with Gasteiger partial charge >= 0.3 is 18.0 Å². The highest BCUT2D eigenvalue weighted by Gasteiger charge is 2.43. The van der Waals surface area contributed by atoms with Crippen LogP contribution in [0.25, 0.3) is 11.3 Å². The van der Waals surface area contributed by atoms with Crippen molar-refractivity contribution in [1.82, 2.24) is 25.1 Å². The molecule has 0 spiro atoms. The number of nitrogens with zero attached hydrogens (tertiary/aromatic N) is 6. The van der Waals surface area contributed by atoms with Crippen molar-refractivity contribution in [3.63, 3.8) is 0 Å². The molecule has 2 aromatic carbocycles. The molecular formula is C37H37BrFN7O5S2. The lowest BCUT2D eigenvalue weighted by Crippen LogP contribution is -2.53. The van der Waals surface area contributed by atoms with E-state index in [2.05, 4.69) is 31.1 Å². The molecule has 4 aromatic rings. The van der Waals surface area contributed by atoms with E-state index in [-0.39, 0.29) is 18.7 Å². The fourth-order valence-corrected chi connectivity index (χ4v) is 8.76. The molecule has 0 bridgehead atoms. The number of thiazole rings is 2. The normalized spacial score (nSPS) is 19.3. The third-order valence-corrected chi connectivity index (χ3v) is 11.9. The summed E-state index contributed by atoms with van der Waals surface area (Å²) in [4.78, 5) is 58.9. The van der Waals surface area contributed by atoms with Gasteiger partial charge in [-0.25, -0.2) is 23.9 Å². The Hall–Kier alpha value is -4.51. The molecule has 0 radical (unpaired) electrons. The number of nitrogens with one attached hydrogen (secondary N) is 1. The fraction of sp³-hybridized carbons (Fsp3) is 0.351. The number of fused-ring (bicyclic) bond motifs is 1. The summed E-state index contributed by atoms with van der Waals surface area (Å²) in [6, 6.07) is 11.0. The van der Waals surface area contributed by atoms with Gasteiger partial charge in [0.1, 0.15) is 11.9 Å². The Kier molecular flexibility index (Phi) is 10.5. The van der Waals surface area contributed by atoms with Crippen molar-refractivity contribution in [2.24, 2.45) is 10.4 Å². The van der Waals surface area contributed by atoms with Crippen molar-refractivity contribution in [2.45, 2.75) is 39.3 Å². The molecule has 12 nitrogen and oxygen atoms in total. The maximum atomic E-state index is 14.2. The fourth-order valence-electron chi connectivity index (χ4n) is 6.77. The van der Waals surface area contributed by atoms with Crippen LogP contribution in [0.4, 0.5) is 14.3 Å². The number of rotatable bonds is 11. The van der Waals surface area contributed by atoms with Crippen LogP contribution < -0.4 is 10.2 Å². The first-order chi connectivity index (χ1) is 25.4. The summed E-state index contributed by atoms with van der Waals surface area (Å²) in [7, 11) is 0. The van der Waals surface area contributed by atoms with E-state index in [9.17, 15) is 23.9 Å². The maximum Gasteiger partial charge on any atom is 0.338 e. The number of hydrogen-bond donors (Lipinski definition) is 2. The predicted octanol–water partition coefficient (Wildman–Crippen LogP) is 6.36. The number of carbonyl (C=O) groups excluding carboxylic acids is 2. The first kappa shape index (κ1) is 36.8. The summed E-state index contributed by atoms with van der Waals surface area (Å²) < 4.78 is 20.2. The van der Waals surface area contributed by atoms with Crippen molar-refractivity contribution >= 4 is 67.5 Å². The van der Waals surface area contributed by atoms with Crippen molar-refractivity contribution in [3.05, 3.63) is 97.1 Å². The zero-order chi connectivity index (χ0) is 37.4. The van der Waals surface area contributed by atoms with E-state index in [1.165, 1.54) is 34.8 Å². The smallest absolute Gasteiger partial charge is 0.338 e. The van der Waals surface area contributed by atoms with E-state index in [4.69, 9.17) is 14.7 Å². The van der Waals surface area contributed by atoms with E-state index in [0.717, 1.165) is 16.8 Å². The molecule has 0 unspecified atom stereocenters. The topological polar surface area (TPSA) is 141 Å². The second-order valence-corrected chi connectivity index (χ2v) is 16.3. The van der Waals surface area contributed by atoms with Gasteiger partial charge in [-0.05, 0) is 50.5 Å². The summed E-state index contributed by atoms with van der Waals surface area (Å²) in [6.45, 7) is 7.77. The highest BCUT2D eigenvalue weighted by molar-refractivity contribution is 9.10. The first-order valence-electron chi connectivity index (χ1n) is 17.1. The summed E-state index contributed by atoms with van der Waals surface area (Å²) in [5, 5.41) is 17.9. The number of hydrogen-bond acceptors (Lipinski definition) is 11. The van der Waals surface area contributed by atoms with Gasteiger partial charge in [-0.15, -0.1) is 22.7 Å². The third kappa shape index (κ3) is 7.63. The van der Waals surface area contributed by atoms with Gasteiger partial charge in [0.15, 0.2) is 16.0 Å². The van der Waals surface area contributed by atoms with Gasteiger partial charge in [-0.3, -0.25) is 19.6 Å². The quantitative estimate of drug-likeness (QED) is 0.166. The number of ether oxygens (including phenoxy) is 1. The van der Waals surface area contributed by atoms with Gasteiger partial charge in [0.25, 0.3) is 0 Å². The Morgan fingerprint density at radius 1 is 1.13 bits per heavy atom. The number of amidine groups is 1. The number of carboxylic acids is 1. The van der Waals surface area contributed by atoms with Crippen LogP contribution in [0, 0.1) is 11.2 Å². The molecule has 16 heteroatoms. The number of halogens is 2. The van der Waals surface area contributed by atoms with Gasteiger partial charge in [-0.2, -0.15) is 0 Å². The van der Waals surface area contributed by atoms with Crippen LogP contribution in [0.2, 0.25) is 0 Å². The van der Waals surface area contributed by atoms with Gasteiger partial charge < -0.3 is 20.1 Å². The Morgan fingerprint density at radius 3 is 2.62 bits per heavy atom. The number of benzene rings is 2. The number of amides is 2. The van der Waals surface area contributed by atoms with Gasteiger partial charge in [0, 0.05) is 58.9 Å². The average Bonchev–Trinajstić information content (AvgIpc) is 3.90. The Labute approximate surface area is 322 Å². The number of aromatic nitrogens is 2. The SMILES string of the molecule is CCOC(=O)C1=C(CN2CCN3C(=O)N(c4nc(-c5ccc(CC(C)(C)C(=O)O)cc5)cs4)C[C@@H]3C2)NC(c2nccs2)=N[C@H]1c1ccc(F)cc1Br. The number of carboxylic acid groups (broad SMARTS) is 1. The molecule has 276 valence electrons. The molecular weight excluding hydrogens is 785 g/mol. The van der Waals surface area contributed by atoms with Crippen LogP contribution in [0.1, 0.15) is 42.9 Å². The minimum Gasteiger partial charge on any atom is -0.481 e. The lowest BCUT2D eigenvalue weighted by atomic mass is 9.86. The van der Waals surface area contributed by atoms with Crippen molar-refractivity contribution in [3.8, 4) is 11.3 Å². The van der Waals surface area contributed by atoms with Crippen LogP contribution >= 0.6 is 38.6 Å². The van der Waals surface area contributed by atoms with Crippen LogP contribution in [0.5, 0.6) is 0 Å². The molecule has 3 aliphatic rings. The molecule has 7 rings (SSSR count). The molecule has 2 atom stereocenters. The second-order valence-electron chi connectivity index (χ2n) is 13.7. The van der Waals surface area contributed by atoms with E-state index in [1.54, 1.807) is 37.9 Å². The molecule has 0 saturated carbocycles. The minimum absolute atomic E-state index is 0.0940. The van der Waals surface area contributed by atoms with Crippen molar-refractivity contribution < 1.29 is 28.6 Å². The lowest BCUT2D eigenvalue weighted by molar-refractivity contribution is -0.146. The largest absolute Gasteiger partial charge is 0.481 e. The molecule has 5 heterocycles. The molecule has 3 aliphatic heterocycles. The first-order valence-corrected chi connectivity index (χ1v) is 19.7. The zero-order valence-electron chi connectivity index (χ0n) is 29.2. The third-order valence-electron chi connectivity index (χ3n) is 9.53. The van der Waals surface area contributed by atoms with Gasteiger partial charge in [0.2, 0.25) is 0 Å². The molecule has 2 aromatic heterocycles. The van der Waals surface area contributed by atoms with E-state index in [0.29, 0.717) is 76.4 Å². The summed E-state index contributed by atoms with van der Waals surface area (Å²) >= 11 is 6.31. The van der Waals surface area contributed by atoms with Gasteiger partial charge in [0.05, 0.1) is 35.9 Å². The summed E-state index contributed by atoms with van der Waals surface area (Å²) in [6.07, 6.45) is 2.10. The zero-order valence-corrected chi connectivity index (χ0v) is 32.4.